The van der Waals surface area contributed by atoms with Crippen molar-refractivity contribution in [2.75, 3.05) is 18.4 Å². The highest BCUT2D eigenvalue weighted by Crippen LogP contribution is 2.32. The molecule has 4 rings (SSSR count). The van der Waals surface area contributed by atoms with Gasteiger partial charge in [-0.15, -0.1) is 0 Å². The predicted molar refractivity (Wildman–Crippen MR) is 130 cm³/mol. The van der Waals surface area contributed by atoms with Crippen molar-refractivity contribution in [1.82, 2.24) is 19.9 Å². The number of likely N-dealkylation sites (tertiary alicyclic amines) is 1. The third-order valence-corrected chi connectivity index (χ3v) is 5.64. The van der Waals surface area contributed by atoms with Crippen molar-refractivity contribution in [3.63, 3.8) is 0 Å². The van der Waals surface area contributed by atoms with Gasteiger partial charge < -0.3 is 15.0 Å². The maximum Gasteiger partial charge on any atom is 0.416 e. The van der Waals surface area contributed by atoms with Crippen LogP contribution in [0, 0.1) is 0 Å². The summed E-state index contributed by atoms with van der Waals surface area (Å²) in [5.41, 5.74) is 0.612. The molecule has 3 aromatic rings. The molecule has 1 aromatic carbocycles. The van der Waals surface area contributed by atoms with Gasteiger partial charge in [0.15, 0.2) is 0 Å². The third kappa shape index (κ3) is 6.50. The van der Waals surface area contributed by atoms with E-state index in [0.717, 1.165) is 30.5 Å². The minimum absolute atomic E-state index is 0.124. The molecule has 0 aliphatic carbocycles. The number of carbonyl (C=O) groups is 1. The number of nitrogens with one attached hydrogen (secondary N) is 1. The van der Waals surface area contributed by atoms with Crippen LogP contribution in [0.2, 0.25) is 0 Å². The van der Waals surface area contributed by atoms with E-state index in [1.54, 1.807) is 23.4 Å². The van der Waals surface area contributed by atoms with Crippen LogP contribution in [-0.4, -0.2) is 44.6 Å². The zero-order valence-corrected chi connectivity index (χ0v) is 20.3. The van der Waals surface area contributed by atoms with Crippen molar-refractivity contribution in [2.24, 2.45) is 0 Å². The van der Waals surface area contributed by atoms with Gasteiger partial charge in [0.05, 0.1) is 11.3 Å². The molecule has 1 amide bonds. The van der Waals surface area contributed by atoms with Crippen molar-refractivity contribution in [3.05, 3.63) is 66.2 Å². The summed E-state index contributed by atoms with van der Waals surface area (Å²) in [5.74, 6) is 0.870. The Labute approximate surface area is 207 Å². The highest BCUT2D eigenvalue weighted by Gasteiger charge is 2.31. The van der Waals surface area contributed by atoms with Crippen LogP contribution < -0.4 is 5.32 Å². The fourth-order valence-electron chi connectivity index (χ4n) is 3.95. The molecule has 7 nitrogen and oxygen atoms in total. The van der Waals surface area contributed by atoms with E-state index in [-0.39, 0.29) is 12.0 Å². The average Bonchev–Trinajstić information content (AvgIpc) is 2.83. The molecule has 1 aliphatic rings. The quantitative estimate of drug-likeness (QED) is 0.447. The number of hydrogen-bond acceptors (Lipinski definition) is 6. The Balaban J connectivity index is 1.62. The summed E-state index contributed by atoms with van der Waals surface area (Å²) in [7, 11) is 0. The van der Waals surface area contributed by atoms with Crippen LogP contribution in [0.1, 0.15) is 50.9 Å². The summed E-state index contributed by atoms with van der Waals surface area (Å²) in [6.45, 7) is 6.48. The predicted octanol–water partition coefficient (Wildman–Crippen LogP) is 6.42. The van der Waals surface area contributed by atoms with E-state index in [1.165, 1.54) is 12.1 Å². The Morgan fingerprint density at radius 1 is 1.06 bits per heavy atom. The number of halogens is 3. The normalized spacial score (nSPS) is 16.5. The topological polar surface area (TPSA) is 80.2 Å². The number of aromatic nitrogens is 3. The van der Waals surface area contributed by atoms with Gasteiger partial charge in [0.2, 0.25) is 0 Å². The highest BCUT2D eigenvalue weighted by molar-refractivity contribution is 5.68. The van der Waals surface area contributed by atoms with Gasteiger partial charge in [0, 0.05) is 48.7 Å². The van der Waals surface area contributed by atoms with Crippen molar-refractivity contribution >= 4 is 17.6 Å². The lowest BCUT2D eigenvalue weighted by Crippen LogP contribution is -2.42. The number of ether oxygens (including phenoxy) is 1. The lowest BCUT2D eigenvalue weighted by atomic mass is 9.97. The van der Waals surface area contributed by atoms with E-state index >= 15 is 0 Å². The zero-order valence-electron chi connectivity index (χ0n) is 20.3. The van der Waals surface area contributed by atoms with E-state index in [9.17, 15) is 18.0 Å². The molecule has 0 bridgehead atoms. The Morgan fingerprint density at radius 3 is 2.39 bits per heavy atom. The number of alkyl halides is 3. The van der Waals surface area contributed by atoms with E-state index in [1.807, 2.05) is 32.9 Å². The second-order valence-corrected chi connectivity index (χ2v) is 9.70. The van der Waals surface area contributed by atoms with Gasteiger partial charge in [-0.05, 0) is 70.0 Å². The molecule has 1 unspecified atom stereocenters. The van der Waals surface area contributed by atoms with Crippen LogP contribution in [0.25, 0.3) is 11.3 Å². The summed E-state index contributed by atoms with van der Waals surface area (Å²) >= 11 is 0. The molecule has 10 heteroatoms. The van der Waals surface area contributed by atoms with Gasteiger partial charge in [-0.3, -0.25) is 4.98 Å². The fraction of sp³-hybridized carbons (Fsp3) is 0.385. The average molecular weight is 500 g/mol. The molecule has 0 radical (unpaired) electrons. The van der Waals surface area contributed by atoms with E-state index in [2.05, 4.69) is 15.3 Å². The molecule has 1 aliphatic heterocycles. The summed E-state index contributed by atoms with van der Waals surface area (Å²) in [6, 6.07) is 10.2. The van der Waals surface area contributed by atoms with Crippen molar-refractivity contribution in [3.8, 4) is 11.3 Å². The standard InChI is InChI=1S/C26H28F3N5O2/c1-25(2,3)36-24(35)34-14-4-5-18(16-34)23-32-21(17-10-12-30-13-11-17)15-22(33-23)31-20-8-6-19(7-9-20)26(27,28)29/h6-13,15,18H,4-5,14,16H2,1-3H3,(H,31,32,33). The van der Waals surface area contributed by atoms with E-state index < -0.39 is 17.3 Å². The minimum atomic E-state index is -4.41. The first-order valence-corrected chi connectivity index (χ1v) is 11.7. The van der Waals surface area contributed by atoms with E-state index in [0.29, 0.717) is 36.1 Å². The molecule has 36 heavy (non-hydrogen) atoms. The molecule has 2 aromatic heterocycles. The van der Waals surface area contributed by atoms with Crippen molar-refractivity contribution < 1.29 is 22.7 Å². The third-order valence-electron chi connectivity index (χ3n) is 5.64. The second-order valence-electron chi connectivity index (χ2n) is 9.70. The van der Waals surface area contributed by atoms with Crippen LogP contribution in [0.15, 0.2) is 54.9 Å². The Bertz CT molecular complexity index is 1190. The summed E-state index contributed by atoms with van der Waals surface area (Å²) < 4.78 is 44.4. The van der Waals surface area contributed by atoms with Crippen LogP contribution in [0.3, 0.4) is 0 Å². The van der Waals surface area contributed by atoms with Gasteiger partial charge in [0.1, 0.15) is 17.2 Å². The number of nitrogens with zero attached hydrogens (tertiary/aromatic N) is 4. The first-order valence-electron chi connectivity index (χ1n) is 11.7. The number of carbonyl (C=O) groups excluding carboxylic acids is 1. The van der Waals surface area contributed by atoms with Gasteiger partial charge in [-0.25, -0.2) is 14.8 Å². The molecular formula is C26H28F3N5O2. The molecule has 1 fully saturated rings. The Kier molecular flexibility index (Phi) is 7.14. The van der Waals surface area contributed by atoms with Gasteiger partial charge in [0.25, 0.3) is 0 Å². The first kappa shape index (κ1) is 25.4. The number of amides is 1. The molecule has 190 valence electrons. The molecular weight excluding hydrogens is 471 g/mol. The van der Waals surface area contributed by atoms with Gasteiger partial charge in [-0.2, -0.15) is 13.2 Å². The van der Waals surface area contributed by atoms with Crippen LogP contribution >= 0.6 is 0 Å². The maximum absolute atomic E-state index is 12.9. The molecule has 1 N–H and O–H groups in total. The molecule has 3 heterocycles. The lowest BCUT2D eigenvalue weighted by molar-refractivity contribution is -0.137. The molecule has 1 atom stereocenters. The van der Waals surface area contributed by atoms with Crippen LogP contribution in [0.5, 0.6) is 0 Å². The molecule has 1 saturated heterocycles. The number of benzene rings is 1. The molecule has 0 spiro atoms. The number of anilines is 2. The molecule has 0 saturated carbocycles. The zero-order chi connectivity index (χ0) is 25.9. The number of hydrogen-bond donors (Lipinski definition) is 1. The van der Waals surface area contributed by atoms with Gasteiger partial charge in [-0.1, -0.05) is 0 Å². The summed E-state index contributed by atoms with van der Waals surface area (Å²) in [4.78, 5) is 27.8. The first-order chi connectivity index (χ1) is 17.0. The Hall–Kier alpha value is -3.69. The number of rotatable bonds is 4. The number of pyridine rings is 1. The maximum atomic E-state index is 12.9. The van der Waals surface area contributed by atoms with E-state index in [4.69, 9.17) is 9.72 Å². The monoisotopic (exact) mass is 499 g/mol. The summed E-state index contributed by atoms with van der Waals surface area (Å²) in [5, 5.41) is 3.10. The Morgan fingerprint density at radius 2 is 1.75 bits per heavy atom. The summed E-state index contributed by atoms with van der Waals surface area (Å²) in [6.07, 6.45) is 0.0970. The second kappa shape index (κ2) is 10.1. The number of piperidine rings is 1. The minimum Gasteiger partial charge on any atom is -0.444 e. The van der Waals surface area contributed by atoms with Crippen molar-refractivity contribution in [2.45, 2.75) is 51.3 Å². The highest BCUT2D eigenvalue weighted by atomic mass is 19.4. The fourth-order valence-corrected chi connectivity index (χ4v) is 3.95. The lowest BCUT2D eigenvalue weighted by Gasteiger charge is -2.33. The van der Waals surface area contributed by atoms with Crippen LogP contribution in [0.4, 0.5) is 29.5 Å². The largest absolute Gasteiger partial charge is 0.444 e. The van der Waals surface area contributed by atoms with Gasteiger partial charge >= 0.3 is 12.3 Å². The van der Waals surface area contributed by atoms with Crippen LogP contribution in [-0.2, 0) is 10.9 Å². The SMILES string of the molecule is CC(C)(C)OC(=O)N1CCCC(c2nc(Nc3ccc(C(F)(F)F)cc3)cc(-c3ccncc3)n2)C1. The smallest absolute Gasteiger partial charge is 0.416 e. The van der Waals surface area contributed by atoms with Crippen molar-refractivity contribution in [1.29, 1.82) is 0 Å².